The first kappa shape index (κ1) is 12.2. The Morgan fingerprint density at radius 2 is 2.23 bits per heavy atom. The van der Waals surface area contributed by atoms with E-state index in [1.54, 1.807) is 13.8 Å². The van der Waals surface area contributed by atoms with Crippen molar-refractivity contribution in [1.82, 2.24) is 0 Å². The van der Waals surface area contributed by atoms with Crippen LogP contribution in [0.3, 0.4) is 0 Å². The SMILES string of the molecule is C=C(Br)C[C@](C#N)(C(=O)O)C(C)C. The van der Waals surface area contributed by atoms with E-state index in [0.717, 1.165) is 0 Å². The van der Waals surface area contributed by atoms with Gasteiger partial charge in [0.1, 0.15) is 0 Å². The smallest absolute Gasteiger partial charge is 0.324 e. The summed E-state index contributed by atoms with van der Waals surface area (Å²) >= 11 is 3.08. The third-order valence-corrected chi connectivity index (χ3v) is 2.32. The summed E-state index contributed by atoms with van der Waals surface area (Å²) in [6, 6.07) is 1.86. The summed E-state index contributed by atoms with van der Waals surface area (Å²) in [6.07, 6.45) is 0.135. The molecule has 13 heavy (non-hydrogen) atoms. The number of hydrogen-bond donors (Lipinski definition) is 1. The fourth-order valence-corrected chi connectivity index (χ4v) is 1.49. The predicted octanol–water partition coefficient (Wildman–Crippen LogP) is 2.54. The van der Waals surface area contributed by atoms with Crippen molar-refractivity contribution < 1.29 is 9.90 Å². The van der Waals surface area contributed by atoms with Gasteiger partial charge in [0, 0.05) is 6.42 Å². The van der Waals surface area contributed by atoms with E-state index in [-0.39, 0.29) is 12.3 Å². The van der Waals surface area contributed by atoms with Crippen LogP contribution in [-0.4, -0.2) is 11.1 Å². The minimum Gasteiger partial charge on any atom is -0.480 e. The van der Waals surface area contributed by atoms with Crippen LogP contribution in [0.2, 0.25) is 0 Å². The summed E-state index contributed by atoms with van der Waals surface area (Å²) in [4.78, 5) is 10.9. The summed E-state index contributed by atoms with van der Waals surface area (Å²) in [5.41, 5.74) is -1.36. The lowest BCUT2D eigenvalue weighted by Crippen LogP contribution is -2.34. The number of nitriles is 1. The van der Waals surface area contributed by atoms with Gasteiger partial charge in [0.15, 0.2) is 5.41 Å². The third kappa shape index (κ3) is 2.56. The van der Waals surface area contributed by atoms with Crippen molar-refractivity contribution in [3.63, 3.8) is 0 Å². The largest absolute Gasteiger partial charge is 0.480 e. The highest BCUT2D eigenvalue weighted by molar-refractivity contribution is 9.11. The van der Waals surface area contributed by atoms with Crippen LogP contribution < -0.4 is 0 Å². The van der Waals surface area contributed by atoms with Crippen LogP contribution in [0, 0.1) is 22.7 Å². The molecule has 0 fully saturated rings. The second kappa shape index (κ2) is 4.43. The van der Waals surface area contributed by atoms with Crippen molar-refractivity contribution in [2.45, 2.75) is 20.3 Å². The summed E-state index contributed by atoms with van der Waals surface area (Å²) < 4.78 is 0.533. The summed E-state index contributed by atoms with van der Waals surface area (Å²) in [7, 11) is 0. The molecule has 0 aromatic rings. The van der Waals surface area contributed by atoms with E-state index in [9.17, 15) is 4.79 Å². The molecule has 0 heterocycles. The van der Waals surface area contributed by atoms with E-state index < -0.39 is 11.4 Å². The number of aliphatic carboxylic acids is 1. The maximum Gasteiger partial charge on any atom is 0.324 e. The second-order valence-electron chi connectivity index (χ2n) is 3.24. The number of carboxylic acids is 1. The zero-order chi connectivity index (χ0) is 10.6. The molecule has 0 aromatic heterocycles. The summed E-state index contributed by atoms with van der Waals surface area (Å²) in [5.74, 6) is -1.34. The maximum absolute atomic E-state index is 10.9. The van der Waals surface area contributed by atoms with Crippen LogP contribution in [0.1, 0.15) is 20.3 Å². The number of hydrogen-bond acceptors (Lipinski definition) is 2. The van der Waals surface area contributed by atoms with Crippen LogP contribution in [0.15, 0.2) is 11.1 Å². The monoisotopic (exact) mass is 245 g/mol. The average Bonchev–Trinajstić information content (AvgIpc) is 1.98. The molecule has 0 aliphatic rings. The Balaban J connectivity index is 5.02. The third-order valence-electron chi connectivity index (χ3n) is 2.04. The summed E-state index contributed by atoms with van der Waals surface area (Å²) in [5, 5.41) is 17.8. The van der Waals surface area contributed by atoms with Crippen molar-refractivity contribution in [1.29, 1.82) is 5.26 Å². The lowest BCUT2D eigenvalue weighted by molar-refractivity contribution is -0.147. The van der Waals surface area contributed by atoms with Crippen LogP contribution in [0.4, 0.5) is 0 Å². The minimum absolute atomic E-state index is 0.135. The number of rotatable bonds is 4. The van der Waals surface area contributed by atoms with Gasteiger partial charge >= 0.3 is 5.97 Å². The van der Waals surface area contributed by atoms with Crippen molar-refractivity contribution >= 4 is 21.9 Å². The van der Waals surface area contributed by atoms with Crippen LogP contribution in [-0.2, 0) is 4.79 Å². The number of halogens is 1. The van der Waals surface area contributed by atoms with Gasteiger partial charge in [0.2, 0.25) is 0 Å². The van der Waals surface area contributed by atoms with Crippen LogP contribution in [0.25, 0.3) is 0 Å². The van der Waals surface area contributed by atoms with Gasteiger partial charge in [0.05, 0.1) is 6.07 Å². The number of allylic oxidation sites excluding steroid dienone is 1. The normalized spacial score (nSPS) is 14.7. The van der Waals surface area contributed by atoms with Gasteiger partial charge < -0.3 is 5.11 Å². The van der Waals surface area contributed by atoms with Crippen molar-refractivity contribution in [3.8, 4) is 6.07 Å². The van der Waals surface area contributed by atoms with Gasteiger partial charge in [0.25, 0.3) is 0 Å². The molecule has 0 unspecified atom stereocenters. The van der Waals surface area contributed by atoms with E-state index in [2.05, 4.69) is 22.5 Å². The van der Waals surface area contributed by atoms with E-state index >= 15 is 0 Å². The lowest BCUT2D eigenvalue weighted by atomic mass is 9.76. The molecule has 0 rings (SSSR count). The van der Waals surface area contributed by atoms with Gasteiger partial charge in [-0.25, -0.2) is 0 Å². The summed E-state index contributed by atoms with van der Waals surface area (Å²) in [6.45, 7) is 6.99. The molecule has 72 valence electrons. The standard InChI is InChI=1S/C9H12BrNO2/c1-6(2)9(5-11,8(12)13)4-7(3)10/h6H,3-4H2,1-2H3,(H,12,13)/t9-/m1/s1. The number of nitrogens with zero attached hydrogens (tertiary/aromatic N) is 1. The molecule has 0 amide bonds. The minimum atomic E-state index is -1.36. The molecular weight excluding hydrogens is 234 g/mol. The quantitative estimate of drug-likeness (QED) is 0.829. The highest BCUT2D eigenvalue weighted by atomic mass is 79.9. The molecule has 1 N–H and O–H groups in total. The fraction of sp³-hybridized carbons (Fsp3) is 0.556. The van der Waals surface area contributed by atoms with Crippen molar-refractivity contribution in [2.75, 3.05) is 0 Å². The molecule has 1 atom stereocenters. The zero-order valence-electron chi connectivity index (χ0n) is 7.67. The Morgan fingerprint density at radius 1 is 1.77 bits per heavy atom. The fourth-order valence-electron chi connectivity index (χ4n) is 1.05. The molecule has 4 heteroatoms. The molecular formula is C9H12BrNO2. The van der Waals surface area contributed by atoms with E-state index in [1.165, 1.54) is 0 Å². The Labute approximate surface area is 86.2 Å². The first-order chi connectivity index (χ1) is 5.86. The molecule has 0 aliphatic heterocycles. The Kier molecular flexibility index (Phi) is 4.15. The second-order valence-corrected chi connectivity index (χ2v) is 4.36. The first-order valence-corrected chi connectivity index (χ1v) is 4.64. The maximum atomic E-state index is 10.9. The molecule has 3 nitrogen and oxygen atoms in total. The Hall–Kier alpha value is -0.820. The van der Waals surface area contributed by atoms with Gasteiger partial charge in [-0.15, -0.1) is 0 Å². The highest BCUT2D eigenvalue weighted by Gasteiger charge is 2.42. The predicted molar refractivity (Wildman–Crippen MR) is 53.2 cm³/mol. The van der Waals surface area contributed by atoms with Crippen molar-refractivity contribution in [2.24, 2.45) is 11.3 Å². The van der Waals surface area contributed by atoms with Gasteiger partial charge in [-0.3, -0.25) is 4.79 Å². The van der Waals surface area contributed by atoms with Gasteiger partial charge in [-0.2, -0.15) is 5.26 Å². The highest BCUT2D eigenvalue weighted by Crippen LogP contribution is 2.35. The van der Waals surface area contributed by atoms with E-state index in [4.69, 9.17) is 10.4 Å². The van der Waals surface area contributed by atoms with Crippen LogP contribution in [0.5, 0.6) is 0 Å². The average molecular weight is 246 g/mol. The molecule has 0 aromatic carbocycles. The molecule has 0 saturated carbocycles. The zero-order valence-corrected chi connectivity index (χ0v) is 9.26. The molecule has 0 aliphatic carbocycles. The molecule has 0 saturated heterocycles. The topological polar surface area (TPSA) is 61.1 Å². The Morgan fingerprint density at radius 3 is 2.31 bits per heavy atom. The Bertz CT molecular complexity index is 267. The van der Waals surface area contributed by atoms with Crippen molar-refractivity contribution in [3.05, 3.63) is 11.1 Å². The van der Waals surface area contributed by atoms with Crippen LogP contribution >= 0.6 is 15.9 Å². The van der Waals surface area contributed by atoms with E-state index in [0.29, 0.717) is 4.48 Å². The van der Waals surface area contributed by atoms with E-state index in [1.807, 2.05) is 6.07 Å². The molecule has 0 radical (unpaired) electrons. The lowest BCUT2D eigenvalue weighted by Gasteiger charge is -2.25. The number of carbonyl (C=O) groups is 1. The molecule has 0 spiro atoms. The van der Waals surface area contributed by atoms with Gasteiger partial charge in [-0.05, 0) is 10.4 Å². The van der Waals surface area contributed by atoms with Gasteiger partial charge in [-0.1, -0.05) is 36.4 Å². The molecule has 0 bridgehead atoms. The number of carboxylic acid groups (broad SMARTS) is 1. The first-order valence-electron chi connectivity index (χ1n) is 3.84.